The third-order valence-electron chi connectivity index (χ3n) is 4.18. The van der Waals surface area contributed by atoms with Crippen LogP contribution in [0.1, 0.15) is 26.6 Å². The van der Waals surface area contributed by atoms with Crippen LogP contribution in [0.4, 0.5) is 5.69 Å². The summed E-state index contributed by atoms with van der Waals surface area (Å²) in [6.45, 7) is 1.99. The molecule has 0 radical (unpaired) electrons. The first kappa shape index (κ1) is 21.3. The Morgan fingerprint density at radius 1 is 1.03 bits per heavy atom. The maximum atomic E-state index is 12.3. The Hall–Kier alpha value is -3.39. The highest BCUT2D eigenvalue weighted by Crippen LogP contribution is 2.23. The van der Waals surface area contributed by atoms with Gasteiger partial charge in [0.15, 0.2) is 0 Å². The van der Waals surface area contributed by atoms with Gasteiger partial charge in [0.1, 0.15) is 23.1 Å². The third kappa shape index (κ3) is 5.81. The number of aryl methyl sites for hydroxylation is 1. The van der Waals surface area contributed by atoms with Crippen LogP contribution < -0.4 is 14.8 Å². The fourth-order valence-corrected chi connectivity index (χ4v) is 3.40. The summed E-state index contributed by atoms with van der Waals surface area (Å²) in [5.41, 5.74) is 2.77. The Bertz CT molecular complexity index is 1010. The van der Waals surface area contributed by atoms with Crippen molar-refractivity contribution in [2.24, 2.45) is 0 Å². The van der Waals surface area contributed by atoms with Crippen molar-refractivity contribution in [1.82, 2.24) is 4.98 Å². The molecule has 1 heterocycles. The summed E-state index contributed by atoms with van der Waals surface area (Å²) in [6, 6.07) is 12.4. The number of carbonyl (C=O) groups excluding carboxylic acids is 2. The second-order valence-corrected chi connectivity index (χ2v) is 7.44. The van der Waals surface area contributed by atoms with Gasteiger partial charge >= 0.3 is 5.97 Å². The highest BCUT2D eigenvalue weighted by atomic mass is 32.1. The third-order valence-corrected chi connectivity index (χ3v) is 5.08. The quantitative estimate of drug-likeness (QED) is 0.548. The van der Waals surface area contributed by atoms with Crippen LogP contribution in [0.2, 0.25) is 0 Å². The van der Waals surface area contributed by atoms with Crippen molar-refractivity contribution in [2.75, 3.05) is 19.5 Å². The topological polar surface area (TPSA) is 86.8 Å². The van der Waals surface area contributed by atoms with Crippen LogP contribution in [0, 0.1) is 6.92 Å². The van der Waals surface area contributed by atoms with E-state index >= 15 is 0 Å². The molecule has 0 saturated carbocycles. The molecule has 30 heavy (non-hydrogen) atoms. The second kappa shape index (κ2) is 9.89. The standard InChI is InChI=1S/C22H22N2O5S/c1-14-4-6-16(7-5-14)23-20(25)11-21-24-17(13-30-21)12-29-22(26)15-8-18(27-2)10-19(9-15)28-3/h4-10,13H,11-12H2,1-3H3,(H,23,25). The number of aromatic nitrogens is 1. The van der Waals surface area contributed by atoms with E-state index in [2.05, 4.69) is 10.3 Å². The number of ether oxygens (including phenoxy) is 3. The van der Waals surface area contributed by atoms with Gasteiger partial charge < -0.3 is 19.5 Å². The summed E-state index contributed by atoms with van der Waals surface area (Å²) in [7, 11) is 3.02. The fraction of sp³-hybridized carbons (Fsp3) is 0.227. The Morgan fingerprint density at radius 2 is 1.70 bits per heavy atom. The molecule has 1 aromatic heterocycles. The van der Waals surface area contributed by atoms with E-state index in [1.165, 1.54) is 25.6 Å². The summed E-state index contributed by atoms with van der Waals surface area (Å²) >= 11 is 1.35. The molecule has 0 aliphatic rings. The van der Waals surface area contributed by atoms with E-state index in [0.29, 0.717) is 27.8 Å². The molecule has 3 aromatic rings. The summed E-state index contributed by atoms with van der Waals surface area (Å²) in [5.74, 6) is 0.327. The number of anilines is 1. The summed E-state index contributed by atoms with van der Waals surface area (Å²) in [6.07, 6.45) is 0.152. The maximum Gasteiger partial charge on any atom is 0.338 e. The number of amides is 1. The number of carbonyl (C=O) groups is 2. The average molecular weight is 426 g/mol. The largest absolute Gasteiger partial charge is 0.497 e. The van der Waals surface area contributed by atoms with Crippen LogP contribution in [0.5, 0.6) is 11.5 Å². The molecule has 0 atom stereocenters. The molecule has 1 amide bonds. The average Bonchev–Trinajstić information content (AvgIpc) is 3.20. The lowest BCUT2D eigenvalue weighted by molar-refractivity contribution is -0.115. The smallest absolute Gasteiger partial charge is 0.338 e. The van der Waals surface area contributed by atoms with Crippen LogP contribution in [-0.2, 0) is 22.6 Å². The van der Waals surface area contributed by atoms with Gasteiger partial charge in [-0.1, -0.05) is 17.7 Å². The number of esters is 1. The molecule has 0 aliphatic carbocycles. The van der Waals surface area contributed by atoms with Crippen molar-refractivity contribution in [1.29, 1.82) is 0 Å². The molecule has 0 spiro atoms. The van der Waals surface area contributed by atoms with E-state index in [1.807, 2.05) is 31.2 Å². The van der Waals surface area contributed by atoms with Crippen LogP contribution >= 0.6 is 11.3 Å². The number of nitrogens with zero attached hydrogens (tertiary/aromatic N) is 1. The fourth-order valence-electron chi connectivity index (χ4n) is 2.62. The molecule has 7 nitrogen and oxygen atoms in total. The van der Waals surface area contributed by atoms with Gasteiger partial charge in [0.2, 0.25) is 5.91 Å². The van der Waals surface area contributed by atoms with Gasteiger partial charge in [-0.15, -0.1) is 11.3 Å². The summed E-state index contributed by atoms with van der Waals surface area (Å²) in [4.78, 5) is 28.9. The Morgan fingerprint density at radius 3 is 2.33 bits per heavy atom. The van der Waals surface area contributed by atoms with Crippen molar-refractivity contribution >= 4 is 28.9 Å². The van der Waals surface area contributed by atoms with Crippen molar-refractivity contribution in [3.8, 4) is 11.5 Å². The molecule has 3 rings (SSSR count). The summed E-state index contributed by atoms with van der Waals surface area (Å²) < 4.78 is 15.7. The van der Waals surface area contributed by atoms with Crippen LogP contribution in [0.15, 0.2) is 47.8 Å². The minimum Gasteiger partial charge on any atom is -0.497 e. The van der Waals surface area contributed by atoms with E-state index < -0.39 is 5.97 Å². The SMILES string of the molecule is COc1cc(OC)cc(C(=O)OCc2csc(CC(=O)Nc3ccc(C)cc3)n2)c1. The molecule has 1 N–H and O–H groups in total. The Balaban J connectivity index is 1.54. The highest BCUT2D eigenvalue weighted by Gasteiger charge is 2.13. The lowest BCUT2D eigenvalue weighted by Gasteiger charge is -2.08. The maximum absolute atomic E-state index is 12.3. The Labute approximate surface area is 178 Å². The predicted molar refractivity (Wildman–Crippen MR) is 114 cm³/mol. The van der Waals surface area contributed by atoms with Crippen LogP contribution in [-0.4, -0.2) is 31.1 Å². The van der Waals surface area contributed by atoms with Gasteiger partial charge in [0.05, 0.1) is 31.9 Å². The van der Waals surface area contributed by atoms with Gasteiger partial charge in [-0.3, -0.25) is 4.79 Å². The first-order chi connectivity index (χ1) is 14.5. The molecule has 156 valence electrons. The van der Waals surface area contributed by atoms with E-state index in [0.717, 1.165) is 11.3 Å². The zero-order valence-electron chi connectivity index (χ0n) is 16.9. The van der Waals surface area contributed by atoms with Gasteiger partial charge in [-0.2, -0.15) is 0 Å². The van der Waals surface area contributed by atoms with Crippen LogP contribution in [0.3, 0.4) is 0 Å². The van der Waals surface area contributed by atoms with E-state index in [-0.39, 0.29) is 18.9 Å². The molecule has 0 fully saturated rings. The molecular weight excluding hydrogens is 404 g/mol. The first-order valence-electron chi connectivity index (χ1n) is 9.17. The predicted octanol–water partition coefficient (Wildman–Crippen LogP) is 4.01. The minimum absolute atomic E-state index is 0.00837. The lowest BCUT2D eigenvalue weighted by Crippen LogP contribution is -2.14. The molecule has 0 unspecified atom stereocenters. The number of benzene rings is 2. The molecule has 0 saturated heterocycles. The minimum atomic E-state index is -0.515. The molecule has 0 bridgehead atoms. The van der Waals surface area contributed by atoms with Gasteiger partial charge in [-0.05, 0) is 31.2 Å². The zero-order chi connectivity index (χ0) is 21.5. The van der Waals surface area contributed by atoms with E-state index in [4.69, 9.17) is 14.2 Å². The number of rotatable bonds is 8. The number of nitrogens with one attached hydrogen (secondary N) is 1. The first-order valence-corrected chi connectivity index (χ1v) is 10.0. The van der Waals surface area contributed by atoms with Gasteiger partial charge in [-0.25, -0.2) is 9.78 Å². The number of thiazole rings is 1. The summed E-state index contributed by atoms with van der Waals surface area (Å²) in [5, 5.41) is 5.26. The molecule has 8 heteroatoms. The van der Waals surface area contributed by atoms with Crippen molar-refractivity contribution in [3.05, 3.63) is 69.7 Å². The van der Waals surface area contributed by atoms with Crippen molar-refractivity contribution in [2.45, 2.75) is 20.0 Å². The lowest BCUT2D eigenvalue weighted by atomic mass is 10.2. The monoisotopic (exact) mass is 426 g/mol. The Kier molecular flexibility index (Phi) is 7.03. The van der Waals surface area contributed by atoms with E-state index in [1.54, 1.807) is 23.6 Å². The van der Waals surface area contributed by atoms with Gasteiger partial charge in [0, 0.05) is 17.1 Å². The van der Waals surface area contributed by atoms with E-state index in [9.17, 15) is 9.59 Å². The molecular formula is C22H22N2O5S. The molecule has 2 aromatic carbocycles. The number of methoxy groups -OCH3 is 2. The normalized spacial score (nSPS) is 10.4. The van der Waals surface area contributed by atoms with Crippen molar-refractivity contribution < 1.29 is 23.8 Å². The van der Waals surface area contributed by atoms with Crippen LogP contribution in [0.25, 0.3) is 0 Å². The zero-order valence-corrected chi connectivity index (χ0v) is 17.7. The number of hydrogen-bond acceptors (Lipinski definition) is 7. The molecule has 0 aliphatic heterocycles. The second-order valence-electron chi connectivity index (χ2n) is 6.50. The highest BCUT2D eigenvalue weighted by molar-refractivity contribution is 7.09. The number of hydrogen-bond donors (Lipinski definition) is 1. The van der Waals surface area contributed by atoms with Crippen molar-refractivity contribution in [3.63, 3.8) is 0 Å². The van der Waals surface area contributed by atoms with Gasteiger partial charge in [0.25, 0.3) is 0 Å².